The third-order valence-corrected chi connectivity index (χ3v) is 2.91. The van der Waals surface area contributed by atoms with Crippen LogP contribution in [-0.2, 0) is 11.2 Å². The van der Waals surface area contributed by atoms with Crippen molar-refractivity contribution in [3.05, 3.63) is 34.9 Å². The fourth-order valence-corrected chi connectivity index (χ4v) is 1.93. The fraction of sp³-hybridized carbons (Fsp3) is 0.500. The first-order valence-electron chi connectivity index (χ1n) is 6.23. The molecule has 1 aromatic carbocycles. The Kier molecular flexibility index (Phi) is 5.82. The molecule has 1 rings (SSSR count). The van der Waals surface area contributed by atoms with E-state index in [1.54, 1.807) is 0 Å². The van der Waals surface area contributed by atoms with E-state index in [4.69, 9.17) is 10.8 Å². The lowest BCUT2D eigenvalue weighted by Crippen LogP contribution is -2.36. The lowest BCUT2D eigenvalue weighted by molar-refractivity contribution is -0.137. The van der Waals surface area contributed by atoms with Crippen LogP contribution in [0, 0.1) is 13.8 Å². The zero-order valence-electron chi connectivity index (χ0n) is 11.1. The van der Waals surface area contributed by atoms with E-state index in [0.717, 1.165) is 13.0 Å². The van der Waals surface area contributed by atoms with Gasteiger partial charge in [0.1, 0.15) is 0 Å². The molecule has 0 aliphatic heterocycles. The minimum Gasteiger partial charge on any atom is -0.481 e. The number of nitrogens with one attached hydrogen (secondary N) is 1. The quantitative estimate of drug-likeness (QED) is 0.636. The van der Waals surface area contributed by atoms with E-state index in [1.807, 2.05) is 0 Å². The summed E-state index contributed by atoms with van der Waals surface area (Å²) in [7, 11) is 0. The molecule has 18 heavy (non-hydrogen) atoms. The monoisotopic (exact) mass is 250 g/mol. The molecule has 0 heterocycles. The van der Waals surface area contributed by atoms with Gasteiger partial charge in [0.2, 0.25) is 0 Å². The maximum atomic E-state index is 10.4. The number of hydrogen-bond donors (Lipinski definition) is 3. The van der Waals surface area contributed by atoms with Crippen LogP contribution in [0.3, 0.4) is 0 Å². The van der Waals surface area contributed by atoms with Gasteiger partial charge in [-0.05, 0) is 37.9 Å². The van der Waals surface area contributed by atoms with E-state index < -0.39 is 5.97 Å². The molecule has 1 aromatic rings. The Balaban J connectivity index is 2.27. The number of aliphatic carboxylic acids is 1. The van der Waals surface area contributed by atoms with E-state index in [2.05, 4.69) is 37.4 Å². The van der Waals surface area contributed by atoms with Gasteiger partial charge in [0.25, 0.3) is 0 Å². The lowest BCUT2D eigenvalue weighted by Gasteiger charge is -2.11. The summed E-state index contributed by atoms with van der Waals surface area (Å²) in [5, 5.41) is 11.8. The molecule has 0 amide bonds. The van der Waals surface area contributed by atoms with Gasteiger partial charge in [0, 0.05) is 12.6 Å². The summed E-state index contributed by atoms with van der Waals surface area (Å²) < 4.78 is 0. The summed E-state index contributed by atoms with van der Waals surface area (Å²) in [4.78, 5) is 10.4. The number of carbonyl (C=O) groups is 1. The highest BCUT2D eigenvalue weighted by Gasteiger charge is 2.07. The number of hydrogen-bond acceptors (Lipinski definition) is 3. The molecule has 0 bridgehead atoms. The normalized spacial score (nSPS) is 12.4. The minimum absolute atomic E-state index is 0.0105. The average Bonchev–Trinajstić information content (AvgIpc) is 2.25. The molecule has 1 unspecified atom stereocenters. The van der Waals surface area contributed by atoms with Crippen LogP contribution in [0.1, 0.15) is 23.1 Å². The molecule has 0 saturated heterocycles. The number of aryl methyl sites for hydroxylation is 2. The van der Waals surface area contributed by atoms with Gasteiger partial charge in [-0.1, -0.05) is 23.8 Å². The molecular weight excluding hydrogens is 228 g/mol. The second-order valence-electron chi connectivity index (χ2n) is 4.74. The van der Waals surface area contributed by atoms with Crippen LogP contribution in [0.15, 0.2) is 18.2 Å². The Morgan fingerprint density at radius 3 is 2.78 bits per heavy atom. The van der Waals surface area contributed by atoms with Crippen LogP contribution in [0.5, 0.6) is 0 Å². The van der Waals surface area contributed by atoms with E-state index in [-0.39, 0.29) is 12.5 Å². The molecule has 100 valence electrons. The van der Waals surface area contributed by atoms with Crippen molar-refractivity contribution in [3.8, 4) is 0 Å². The Morgan fingerprint density at radius 2 is 2.17 bits per heavy atom. The Morgan fingerprint density at radius 1 is 1.44 bits per heavy atom. The number of carboxylic acids is 1. The van der Waals surface area contributed by atoms with Gasteiger partial charge in [-0.3, -0.25) is 4.79 Å². The molecule has 0 saturated carbocycles. The highest BCUT2D eigenvalue weighted by molar-refractivity contribution is 5.67. The predicted octanol–water partition coefficient (Wildman–Crippen LogP) is 1.24. The van der Waals surface area contributed by atoms with E-state index in [0.29, 0.717) is 6.54 Å². The molecule has 0 aliphatic carbocycles. The first-order chi connectivity index (χ1) is 8.49. The van der Waals surface area contributed by atoms with Gasteiger partial charge >= 0.3 is 5.97 Å². The second kappa shape index (κ2) is 7.13. The maximum Gasteiger partial charge on any atom is 0.304 e. The first-order valence-corrected chi connectivity index (χ1v) is 6.23. The van der Waals surface area contributed by atoms with Crippen LogP contribution in [-0.4, -0.2) is 30.2 Å². The number of carboxylic acid groups (broad SMARTS) is 1. The summed E-state index contributed by atoms with van der Waals surface area (Å²) in [5.74, 6) is -0.848. The maximum absolute atomic E-state index is 10.4. The lowest BCUT2D eigenvalue weighted by atomic mass is 10.0. The molecule has 1 atom stereocenters. The van der Waals surface area contributed by atoms with Crippen LogP contribution in [0.4, 0.5) is 0 Å². The van der Waals surface area contributed by atoms with Crippen molar-refractivity contribution in [2.75, 3.05) is 13.1 Å². The van der Waals surface area contributed by atoms with Crippen LogP contribution >= 0.6 is 0 Å². The van der Waals surface area contributed by atoms with Crippen molar-refractivity contribution in [1.82, 2.24) is 5.32 Å². The highest BCUT2D eigenvalue weighted by Crippen LogP contribution is 2.10. The zero-order chi connectivity index (χ0) is 13.5. The fourth-order valence-electron chi connectivity index (χ4n) is 1.93. The summed E-state index contributed by atoms with van der Waals surface area (Å²) in [6.45, 7) is 5.55. The molecule has 0 aromatic heterocycles. The second-order valence-corrected chi connectivity index (χ2v) is 4.74. The SMILES string of the molecule is Cc1ccc(CCNCC(N)CC(=O)O)c(C)c1. The number of benzene rings is 1. The molecule has 0 spiro atoms. The minimum atomic E-state index is -0.848. The van der Waals surface area contributed by atoms with Crippen molar-refractivity contribution in [1.29, 1.82) is 0 Å². The molecule has 4 N–H and O–H groups in total. The number of nitrogens with two attached hydrogens (primary N) is 1. The molecular formula is C14H22N2O2. The van der Waals surface area contributed by atoms with Gasteiger partial charge in [0.15, 0.2) is 0 Å². The Bertz CT molecular complexity index is 405. The summed E-state index contributed by atoms with van der Waals surface area (Å²) >= 11 is 0. The van der Waals surface area contributed by atoms with Crippen molar-refractivity contribution >= 4 is 5.97 Å². The standard InChI is InChI=1S/C14H22N2O2/c1-10-3-4-12(11(2)7-10)5-6-16-9-13(15)8-14(17)18/h3-4,7,13,16H,5-6,8-9,15H2,1-2H3,(H,17,18). The van der Waals surface area contributed by atoms with Crippen LogP contribution < -0.4 is 11.1 Å². The van der Waals surface area contributed by atoms with Gasteiger partial charge in [0.05, 0.1) is 6.42 Å². The smallest absolute Gasteiger partial charge is 0.304 e. The van der Waals surface area contributed by atoms with Crippen LogP contribution in [0.25, 0.3) is 0 Å². The van der Waals surface area contributed by atoms with E-state index in [9.17, 15) is 4.79 Å². The van der Waals surface area contributed by atoms with Gasteiger partial charge in [-0.25, -0.2) is 0 Å². The third kappa shape index (κ3) is 5.29. The topological polar surface area (TPSA) is 75.3 Å². The summed E-state index contributed by atoms with van der Waals surface area (Å²) in [5.41, 5.74) is 9.55. The summed E-state index contributed by atoms with van der Waals surface area (Å²) in [6.07, 6.45) is 0.947. The highest BCUT2D eigenvalue weighted by atomic mass is 16.4. The average molecular weight is 250 g/mol. The van der Waals surface area contributed by atoms with Crippen molar-refractivity contribution in [2.45, 2.75) is 32.7 Å². The van der Waals surface area contributed by atoms with Crippen LogP contribution in [0.2, 0.25) is 0 Å². The number of rotatable bonds is 7. The first kappa shape index (κ1) is 14.7. The van der Waals surface area contributed by atoms with Gasteiger partial charge in [-0.15, -0.1) is 0 Å². The van der Waals surface area contributed by atoms with E-state index >= 15 is 0 Å². The predicted molar refractivity (Wildman–Crippen MR) is 72.7 cm³/mol. The third-order valence-electron chi connectivity index (χ3n) is 2.91. The largest absolute Gasteiger partial charge is 0.481 e. The zero-order valence-corrected chi connectivity index (χ0v) is 11.1. The summed E-state index contributed by atoms with van der Waals surface area (Å²) in [6, 6.07) is 6.11. The van der Waals surface area contributed by atoms with E-state index in [1.165, 1.54) is 16.7 Å². The molecule has 4 heteroatoms. The molecule has 0 aliphatic rings. The Hall–Kier alpha value is -1.39. The van der Waals surface area contributed by atoms with Crippen molar-refractivity contribution in [3.63, 3.8) is 0 Å². The van der Waals surface area contributed by atoms with Gasteiger partial charge < -0.3 is 16.2 Å². The Labute approximate surface area is 108 Å². The molecule has 4 nitrogen and oxygen atoms in total. The molecule has 0 fully saturated rings. The molecule has 0 radical (unpaired) electrons. The van der Waals surface area contributed by atoms with Gasteiger partial charge in [-0.2, -0.15) is 0 Å². The van der Waals surface area contributed by atoms with Crippen molar-refractivity contribution < 1.29 is 9.90 Å². The van der Waals surface area contributed by atoms with Crippen molar-refractivity contribution in [2.24, 2.45) is 5.73 Å².